The van der Waals surface area contributed by atoms with Crippen molar-refractivity contribution in [3.8, 4) is 5.75 Å². The van der Waals surface area contributed by atoms with Gasteiger partial charge in [-0.2, -0.15) is 0 Å². The van der Waals surface area contributed by atoms with Crippen LogP contribution in [-0.4, -0.2) is 30.3 Å². The predicted molar refractivity (Wildman–Crippen MR) is 66.4 cm³/mol. The van der Waals surface area contributed by atoms with Crippen LogP contribution in [0, 0.1) is 0 Å². The van der Waals surface area contributed by atoms with Crippen LogP contribution >= 0.6 is 0 Å². The highest BCUT2D eigenvalue weighted by molar-refractivity contribution is 5.27. The lowest BCUT2D eigenvalue weighted by atomic mass is 10.0. The normalized spacial score (nSPS) is 20.9. The van der Waals surface area contributed by atoms with Crippen LogP contribution in [0.4, 0.5) is 13.2 Å². The molecule has 2 unspecified atom stereocenters. The highest BCUT2D eigenvalue weighted by Crippen LogP contribution is 2.24. The topological polar surface area (TPSA) is 38.7 Å². The molecular formula is C14H17F3O3. The minimum Gasteiger partial charge on any atom is -0.406 e. The number of halogens is 3. The maximum absolute atomic E-state index is 12.0. The van der Waals surface area contributed by atoms with Crippen LogP contribution in [0.3, 0.4) is 0 Å². The van der Waals surface area contributed by atoms with E-state index in [1.807, 2.05) is 0 Å². The fourth-order valence-electron chi connectivity index (χ4n) is 2.32. The lowest BCUT2D eigenvalue weighted by Crippen LogP contribution is -2.19. The third kappa shape index (κ3) is 5.02. The molecule has 1 aromatic rings. The molecule has 0 aliphatic carbocycles. The second kappa shape index (κ2) is 6.45. The summed E-state index contributed by atoms with van der Waals surface area (Å²) in [6, 6.07) is 5.56. The molecule has 20 heavy (non-hydrogen) atoms. The minimum atomic E-state index is -4.68. The average molecular weight is 290 g/mol. The first-order chi connectivity index (χ1) is 9.42. The Morgan fingerprint density at radius 2 is 2.00 bits per heavy atom. The SMILES string of the molecule is OC(Cc1ccc(OC(F)(F)F)cc1)CC1CCCO1. The van der Waals surface area contributed by atoms with Gasteiger partial charge in [-0.25, -0.2) is 0 Å². The van der Waals surface area contributed by atoms with Crippen molar-refractivity contribution in [2.24, 2.45) is 0 Å². The van der Waals surface area contributed by atoms with Crippen molar-refractivity contribution in [3.63, 3.8) is 0 Å². The second-order valence-corrected chi connectivity index (χ2v) is 4.92. The van der Waals surface area contributed by atoms with Crippen molar-refractivity contribution in [2.75, 3.05) is 6.61 Å². The van der Waals surface area contributed by atoms with Gasteiger partial charge in [-0.15, -0.1) is 13.2 Å². The molecule has 112 valence electrons. The van der Waals surface area contributed by atoms with Crippen LogP contribution in [0.1, 0.15) is 24.8 Å². The van der Waals surface area contributed by atoms with Crippen LogP contribution in [0.15, 0.2) is 24.3 Å². The van der Waals surface area contributed by atoms with Gasteiger partial charge < -0.3 is 14.6 Å². The maximum Gasteiger partial charge on any atom is 0.573 e. The summed E-state index contributed by atoms with van der Waals surface area (Å²) >= 11 is 0. The highest BCUT2D eigenvalue weighted by Gasteiger charge is 2.31. The van der Waals surface area contributed by atoms with E-state index in [0.717, 1.165) is 25.0 Å². The monoisotopic (exact) mass is 290 g/mol. The Morgan fingerprint density at radius 3 is 2.55 bits per heavy atom. The van der Waals surface area contributed by atoms with Gasteiger partial charge in [0.2, 0.25) is 0 Å². The Labute approximate surface area is 115 Å². The van der Waals surface area contributed by atoms with Gasteiger partial charge in [0.05, 0.1) is 12.2 Å². The Morgan fingerprint density at radius 1 is 1.30 bits per heavy atom. The maximum atomic E-state index is 12.0. The fourth-order valence-corrected chi connectivity index (χ4v) is 2.32. The minimum absolute atomic E-state index is 0.0952. The van der Waals surface area contributed by atoms with Crippen molar-refractivity contribution in [1.82, 2.24) is 0 Å². The lowest BCUT2D eigenvalue weighted by Gasteiger charge is -2.15. The Bertz CT molecular complexity index is 411. The molecule has 1 aliphatic rings. The van der Waals surface area contributed by atoms with Crippen LogP contribution in [-0.2, 0) is 11.2 Å². The van der Waals surface area contributed by atoms with Crippen molar-refractivity contribution in [2.45, 2.75) is 44.3 Å². The summed E-state index contributed by atoms with van der Waals surface area (Å²) in [6.45, 7) is 0.737. The largest absolute Gasteiger partial charge is 0.573 e. The summed E-state index contributed by atoms with van der Waals surface area (Å²) in [5.41, 5.74) is 0.769. The molecule has 1 saturated heterocycles. The number of aliphatic hydroxyl groups is 1. The summed E-state index contributed by atoms with van der Waals surface area (Å²) in [6.07, 6.45) is -2.21. The van der Waals surface area contributed by atoms with E-state index in [2.05, 4.69) is 4.74 Å². The molecule has 0 saturated carbocycles. The standard InChI is InChI=1S/C14H17F3O3/c15-14(16,17)20-12-5-3-10(4-6-12)8-11(18)9-13-2-1-7-19-13/h3-6,11,13,18H,1-2,7-9H2. The van der Waals surface area contributed by atoms with E-state index in [9.17, 15) is 18.3 Å². The molecule has 2 atom stereocenters. The van der Waals surface area contributed by atoms with Gasteiger partial charge in [-0.3, -0.25) is 0 Å². The molecule has 0 radical (unpaired) electrons. The van der Waals surface area contributed by atoms with Crippen LogP contribution in [0.5, 0.6) is 5.75 Å². The zero-order valence-electron chi connectivity index (χ0n) is 10.9. The van der Waals surface area contributed by atoms with Crippen molar-refractivity contribution in [3.05, 3.63) is 29.8 Å². The Kier molecular flexibility index (Phi) is 4.88. The van der Waals surface area contributed by atoms with Gasteiger partial charge >= 0.3 is 6.36 Å². The molecule has 1 aromatic carbocycles. The predicted octanol–water partition coefficient (Wildman–Crippen LogP) is 3.06. The van der Waals surface area contributed by atoms with Gasteiger partial charge in [0.1, 0.15) is 5.75 Å². The van der Waals surface area contributed by atoms with E-state index < -0.39 is 12.5 Å². The molecular weight excluding hydrogens is 273 g/mol. The first-order valence-electron chi connectivity index (χ1n) is 6.57. The van der Waals surface area contributed by atoms with Crippen molar-refractivity contribution in [1.29, 1.82) is 0 Å². The summed E-state index contributed by atoms with van der Waals surface area (Å²) in [7, 11) is 0. The third-order valence-electron chi connectivity index (χ3n) is 3.19. The van der Waals surface area contributed by atoms with Crippen LogP contribution < -0.4 is 4.74 Å². The summed E-state index contributed by atoms with van der Waals surface area (Å²) < 4.78 is 45.2. The first kappa shape index (κ1) is 15.1. The van der Waals surface area contributed by atoms with Crippen molar-refractivity contribution < 1.29 is 27.8 Å². The van der Waals surface area contributed by atoms with E-state index in [4.69, 9.17) is 4.74 Å². The van der Waals surface area contributed by atoms with E-state index in [0.29, 0.717) is 12.8 Å². The molecule has 0 aromatic heterocycles. The Hall–Kier alpha value is -1.27. The zero-order valence-corrected chi connectivity index (χ0v) is 10.9. The number of hydrogen-bond donors (Lipinski definition) is 1. The molecule has 1 heterocycles. The molecule has 6 heteroatoms. The van der Waals surface area contributed by atoms with E-state index in [-0.39, 0.29) is 11.9 Å². The number of aliphatic hydroxyl groups excluding tert-OH is 1. The molecule has 1 fully saturated rings. The zero-order chi connectivity index (χ0) is 14.6. The van der Waals surface area contributed by atoms with Gasteiger partial charge in [-0.05, 0) is 43.4 Å². The molecule has 3 nitrogen and oxygen atoms in total. The molecule has 1 aliphatic heterocycles. The van der Waals surface area contributed by atoms with Gasteiger partial charge in [0.15, 0.2) is 0 Å². The number of hydrogen-bond acceptors (Lipinski definition) is 3. The number of rotatable bonds is 5. The third-order valence-corrected chi connectivity index (χ3v) is 3.19. The number of ether oxygens (including phenoxy) is 2. The lowest BCUT2D eigenvalue weighted by molar-refractivity contribution is -0.274. The highest BCUT2D eigenvalue weighted by atomic mass is 19.4. The van der Waals surface area contributed by atoms with Gasteiger partial charge in [0, 0.05) is 6.61 Å². The Balaban J connectivity index is 1.83. The summed E-state index contributed by atoms with van der Waals surface area (Å²) in [5.74, 6) is -0.255. The fraction of sp³-hybridized carbons (Fsp3) is 0.571. The summed E-state index contributed by atoms with van der Waals surface area (Å²) in [4.78, 5) is 0. The first-order valence-corrected chi connectivity index (χ1v) is 6.57. The van der Waals surface area contributed by atoms with Crippen LogP contribution in [0.25, 0.3) is 0 Å². The van der Waals surface area contributed by atoms with Gasteiger partial charge in [0.25, 0.3) is 0 Å². The molecule has 2 rings (SSSR count). The van der Waals surface area contributed by atoms with Gasteiger partial charge in [-0.1, -0.05) is 12.1 Å². The van der Waals surface area contributed by atoms with E-state index in [1.165, 1.54) is 24.3 Å². The molecule has 0 amide bonds. The smallest absolute Gasteiger partial charge is 0.406 e. The van der Waals surface area contributed by atoms with Crippen LogP contribution in [0.2, 0.25) is 0 Å². The number of benzene rings is 1. The molecule has 0 spiro atoms. The van der Waals surface area contributed by atoms with Crippen molar-refractivity contribution >= 4 is 0 Å². The summed E-state index contributed by atoms with van der Waals surface area (Å²) in [5, 5.41) is 9.93. The number of alkyl halides is 3. The van der Waals surface area contributed by atoms with E-state index in [1.54, 1.807) is 0 Å². The average Bonchev–Trinajstić information content (AvgIpc) is 2.82. The quantitative estimate of drug-likeness (QED) is 0.906. The molecule has 1 N–H and O–H groups in total. The van der Waals surface area contributed by atoms with E-state index >= 15 is 0 Å². The second-order valence-electron chi connectivity index (χ2n) is 4.92. The molecule has 0 bridgehead atoms.